The Morgan fingerprint density at radius 2 is 1.12 bits per heavy atom. The number of hydrogen-bond donors (Lipinski definition) is 0. The van der Waals surface area contributed by atoms with Crippen LogP contribution in [0.15, 0.2) is 161 Å². The topological polar surface area (TPSA) is 37.4 Å². The molecule has 5 heteroatoms. The van der Waals surface area contributed by atoms with Gasteiger partial charge in [0, 0.05) is 48.1 Å². The minimum atomic E-state index is -3.73. The van der Waals surface area contributed by atoms with Gasteiger partial charge < -0.3 is 4.90 Å². The van der Waals surface area contributed by atoms with E-state index < -0.39 is 9.84 Å². The fourth-order valence-electron chi connectivity index (χ4n) is 13.4. The largest absolute Gasteiger partial charge is 0.310 e. The average molecular weight is 816 g/mol. The van der Waals surface area contributed by atoms with E-state index in [-0.39, 0.29) is 10.8 Å². The molecule has 294 valence electrons. The number of thiophene rings is 1. The molecule has 0 unspecified atom stereocenters. The van der Waals surface area contributed by atoms with Crippen LogP contribution in [0.3, 0.4) is 0 Å². The average Bonchev–Trinajstić information content (AvgIpc) is 3.75. The zero-order valence-corrected chi connectivity index (χ0v) is 35.5. The quantitative estimate of drug-likeness (QED) is 0.178. The highest BCUT2D eigenvalue weighted by molar-refractivity contribution is 7.91. The molecular formula is C55H45NO2S2. The SMILES string of the molecule is CC1(C)c2ccccc2-c2ccc(N(c3cccc(-c4cccc5c4sc4ccccc45)c3)c3ccc4c(c3)C3(c5ccccc5S4(=O)=O)C4CC5CC(C4)CC3C5)cc21. The molecule has 2 heterocycles. The van der Waals surface area contributed by atoms with Gasteiger partial charge in [0.2, 0.25) is 9.84 Å². The molecule has 0 atom stereocenters. The van der Waals surface area contributed by atoms with E-state index in [0.29, 0.717) is 21.6 Å². The summed E-state index contributed by atoms with van der Waals surface area (Å²) in [6, 6.07) is 54.6. The van der Waals surface area contributed by atoms with Crippen molar-refractivity contribution in [1.82, 2.24) is 0 Å². The molecule has 1 spiro atoms. The monoisotopic (exact) mass is 815 g/mol. The Bertz CT molecular complexity index is 3220. The van der Waals surface area contributed by atoms with Gasteiger partial charge in [0.25, 0.3) is 0 Å². The second-order valence-electron chi connectivity index (χ2n) is 18.9. The molecule has 7 aromatic carbocycles. The summed E-state index contributed by atoms with van der Waals surface area (Å²) in [5, 5.41) is 2.58. The second-order valence-corrected chi connectivity index (χ2v) is 21.9. The summed E-state index contributed by atoms with van der Waals surface area (Å²) in [6.07, 6.45) is 6.07. The molecule has 8 aromatic rings. The van der Waals surface area contributed by atoms with Crippen molar-refractivity contribution < 1.29 is 8.42 Å². The number of hydrogen-bond acceptors (Lipinski definition) is 4. The third-order valence-corrected chi connectivity index (χ3v) is 18.7. The Balaban J connectivity index is 1.05. The third kappa shape index (κ3) is 4.63. The van der Waals surface area contributed by atoms with Crippen molar-refractivity contribution >= 4 is 58.4 Å². The van der Waals surface area contributed by atoms with E-state index in [4.69, 9.17) is 0 Å². The van der Waals surface area contributed by atoms with Crippen LogP contribution in [0.1, 0.15) is 68.2 Å². The number of anilines is 3. The Hall–Kier alpha value is -5.49. The van der Waals surface area contributed by atoms with E-state index in [1.54, 1.807) is 0 Å². The van der Waals surface area contributed by atoms with Crippen molar-refractivity contribution in [1.29, 1.82) is 0 Å². The normalized spacial score (nSPS) is 24.6. The van der Waals surface area contributed by atoms with Gasteiger partial charge in [0.05, 0.1) is 9.79 Å². The van der Waals surface area contributed by atoms with Crippen molar-refractivity contribution in [2.75, 3.05) is 4.90 Å². The number of sulfone groups is 1. The van der Waals surface area contributed by atoms with E-state index in [9.17, 15) is 8.42 Å². The molecule has 60 heavy (non-hydrogen) atoms. The first-order chi connectivity index (χ1) is 29.2. The molecule has 0 N–H and O–H groups in total. The molecule has 14 rings (SSSR count). The van der Waals surface area contributed by atoms with Crippen LogP contribution in [0.2, 0.25) is 0 Å². The number of fused-ring (bicyclic) bond motifs is 8. The number of rotatable bonds is 4. The third-order valence-electron chi connectivity index (χ3n) is 15.6. The molecule has 1 aliphatic heterocycles. The summed E-state index contributed by atoms with van der Waals surface area (Å²) in [4.78, 5) is 3.44. The van der Waals surface area contributed by atoms with Gasteiger partial charge in [-0.15, -0.1) is 11.3 Å². The molecule has 0 radical (unpaired) electrons. The summed E-state index contributed by atoms with van der Waals surface area (Å²) < 4.78 is 32.2. The van der Waals surface area contributed by atoms with Crippen LogP contribution in [0.4, 0.5) is 17.1 Å². The molecule has 0 saturated heterocycles. The van der Waals surface area contributed by atoms with Crippen molar-refractivity contribution in [3.8, 4) is 22.3 Å². The van der Waals surface area contributed by atoms with Crippen molar-refractivity contribution in [3.05, 3.63) is 174 Å². The maximum atomic E-state index is 14.8. The van der Waals surface area contributed by atoms with Crippen LogP contribution in [0, 0.1) is 23.7 Å². The van der Waals surface area contributed by atoms with E-state index in [0.717, 1.165) is 45.6 Å². The molecule has 4 fully saturated rings. The lowest BCUT2D eigenvalue weighted by atomic mass is 9.42. The summed E-state index contributed by atoms with van der Waals surface area (Å²) in [5.74, 6) is 2.35. The highest BCUT2D eigenvalue weighted by Gasteiger charge is 2.62. The van der Waals surface area contributed by atoms with Gasteiger partial charge in [0.15, 0.2) is 0 Å². The van der Waals surface area contributed by atoms with E-state index in [1.807, 2.05) is 29.5 Å². The molecule has 0 amide bonds. The highest BCUT2D eigenvalue weighted by Crippen LogP contribution is 2.68. The Labute approximate surface area is 356 Å². The van der Waals surface area contributed by atoms with Crippen LogP contribution in [-0.4, -0.2) is 8.42 Å². The van der Waals surface area contributed by atoms with Crippen LogP contribution in [0.5, 0.6) is 0 Å². The maximum absolute atomic E-state index is 14.8. The fraction of sp³-hybridized carbons (Fsp3) is 0.236. The molecule has 3 nitrogen and oxygen atoms in total. The fourth-order valence-corrected chi connectivity index (χ4v) is 16.4. The molecule has 6 aliphatic rings. The van der Waals surface area contributed by atoms with Gasteiger partial charge in [-0.2, -0.15) is 0 Å². The second kappa shape index (κ2) is 12.3. The van der Waals surface area contributed by atoms with Crippen molar-refractivity contribution in [2.45, 2.75) is 66.6 Å². The predicted octanol–water partition coefficient (Wildman–Crippen LogP) is 14.4. The van der Waals surface area contributed by atoms with Gasteiger partial charge in [-0.3, -0.25) is 0 Å². The van der Waals surface area contributed by atoms with Crippen LogP contribution in [-0.2, 0) is 20.7 Å². The Kier molecular flexibility index (Phi) is 7.23. The maximum Gasteiger partial charge on any atom is 0.207 e. The summed E-state index contributed by atoms with van der Waals surface area (Å²) in [6.45, 7) is 4.69. The molecule has 1 aromatic heterocycles. The first-order valence-electron chi connectivity index (χ1n) is 21.8. The van der Waals surface area contributed by atoms with Crippen LogP contribution < -0.4 is 4.90 Å². The zero-order valence-electron chi connectivity index (χ0n) is 33.9. The smallest absolute Gasteiger partial charge is 0.207 e. The Morgan fingerprint density at radius 3 is 1.93 bits per heavy atom. The summed E-state index contributed by atoms with van der Waals surface area (Å²) in [5.41, 5.74) is 12.3. The standard InChI is InChI=1S/C55H45NO2S2/c1-54(2)46-17-5-3-13-42(46)43-23-21-39(31-48(43)54)56(38-12-9-11-35(30-38)41-15-10-16-45-44-14-4-7-19-50(44)59-53(41)45)40-22-24-52-49(32-40)55(47-18-6-8-20-51(47)60(52,57)58)36-26-33-25-34(28-36)29-37(55)27-33/h3-24,30-34,36-37H,25-29H2,1-2H3. The van der Waals surface area contributed by atoms with E-state index >= 15 is 0 Å². The van der Waals surface area contributed by atoms with Crippen molar-refractivity contribution in [3.63, 3.8) is 0 Å². The molecule has 5 aliphatic carbocycles. The van der Waals surface area contributed by atoms with E-state index in [2.05, 4.69) is 152 Å². The minimum Gasteiger partial charge on any atom is -0.310 e. The lowest BCUT2D eigenvalue weighted by Crippen LogP contribution is -2.57. The number of benzene rings is 7. The number of nitrogens with zero attached hydrogens (tertiary/aromatic N) is 1. The van der Waals surface area contributed by atoms with Gasteiger partial charge >= 0.3 is 0 Å². The van der Waals surface area contributed by atoms with E-state index in [1.165, 1.54) is 80.1 Å². The highest BCUT2D eigenvalue weighted by atomic mass is 32.2. The summed E-state index contributed by atoms with van der Waals surface area (Å²) in [7, 11) is -3.73. The Morgan fingerprint density at radius 1 is 0.517 bits per heavy atom. The van der Waals surface area contributed by atoms with Crippen molar-refractivity contribution in [2.24, 2.45) is 23.7 Å². The predicted molar refractivity (Wildman–Crippen MR) is 247 cm³/mol. The zero-order chi connectivity index (χ0) is 40.1. The van der Waals surface area contributed by atoms with Gasteiger partial charge in [-0.05, 0) is 155 Å². The molecular weight excluding hydrogens is 771 g/mol. The summed E-state index contributed by atoms with van der Waals surface area (Å²) >= 11 is 1.86. The lowest BCUT2D eigenvalue weighted by Gasteiger charge is -2.63. The molecule has 4 bridgehead atoms. The first kappa shape index (κ1) is 35.3. The van der Waals surface area contributed by atoms with Crippen LogP contribution >= 0.6 is 11.3 Å². The van der Waals surface area contributed by atoms with Crippen LogP contribution in [0.25, 0.3) is 42.4 Å². The van der Waals surface area contributed by atoms with Gasteiger partial charge in [-0.1, -0.05) is 111 Å². The molecule has 4 saturated carbocycles. The van der Waals surface area contributed by atoms with Gasteiger partial charge in [-0.25, -0.2) is 8.42 Å². The lowest BCUT2D eigenvalue weighted by molar-refractivity contribution is -0.0446. The minimum absolute atomic E-state index is 0.176. The first-order valence-corrected chi connectivity index (χ1v) is 24.1. The van der Waals surface area contributed by atoms with Gasteiger partial charge in [0.1, 0.15) is 0 Å².